The maximum Gasteiger partial charge on any atom is 0.224 e. The van der Waals surface area contributed by atoms with E-state index in [9.17, 15) is 4.79 Å². The van der Waals surface area contributed by atoms with Crippen LogP contribution in [0.25, 0.3) is 0 Å². The molecule has 4 heteroatoms. The Labute approximate surface area is 138 Å². The van der Waals surface area contributed by atoms with Crippen LogP contribution in [0.3, 0.4) is 0 Å². The Morgan fingerprint density at radius 1 is 1.13 bits per heavy atom. The zero-order valence-corrected chi connectivity index (χ0v) is 13.8. The second-order valence-corrected chi connectivity index (χ2v) is 5.92. The highest BCUT2D eigenvalue weighted by atomic mass is 16.1. The van der Waals surface area contributed by atoms with Crippen molar-refractivity contribution in [1.29, 1.82) is 0 Å². The molecule has 2 aromatic rings. The molecule has 0 aromatic heterocycles. The molecule has 0 aliphatic rings. The van der Waals surface area contributed by atoms with Crippen LogP contribution < -0.4 is 16.0 Å². The highest BCUT2D eigenvalue weighted by Gasteiger charge is 2.11. The lowest BCUT2D eigenvalue weighted by molar-refractivity contribution is -0.116. The SMILES string of the molecule is CC(N)CCC(=O)Nc1ccccc1N(C)Cc1ccccc1. The van der Waals surface area contributed by atoms with Gasteiger partial charge in [0.05, 0.1) is 11.4 Å². The molecular formula is C19H25N3O. The minimum Gasteiger partial charge on any atom is -0.369 e. The molecule has 3 N–H and O–H groups in total. The summed E-state index contributed by atoms with van der Waals surface area (Å²) in [5, 5.41) is 3.00. The molecule has 0 saturated carbocycles. The number of hydrogen-bond acceptors (Lipinski definition) is 3. The molecule has 122 valence electrons. The summed E-state index contributed by atoms with van der Waals surface area (Å²) >= 11 is 0. The zero-order chi connectivity index (χ0) is 16.7. The quantitative estimate of drug-likeness (QED) is 0.824. The molecule has 0 radical (unpaired) electrons. The Kier molecular flexibility index (Phi) is 6.18. The Hall–Kier alpha value is -2.33. The number of carbonyl (C=O) groups is 1. The molecule has 0 heterocycles. The van der Waals surface area contributed by atoms with Gasteiger partial charge in [0.2, 0.25) is 5.91 Å². The summed E-state index contributed by atoms with van der Waals surface area (Å²) in [7, 11) is 2.03. The van der Waals surface area contributed by atoms with E-state index in [-0.39, 0.29) is 11.9 Å². The third-order valence-electron chi connectivity index (χ3n) is 3.68. The molecule has 0 bridgehead atoms. The number of amides is 1. The maximum atomic E-state index is 12.1. The van der Waals surface area contributed by atoms with Crippen LogP contribution >= 0.6 is 0 Å². The molecule has 1 unspecified atom stereocenters. The summed E-state index contributed by atoms with van der Waals surface area (Å²) in [6.07, 6.45) is 1.13. The van der Waals surface area contributed by atoms with Crippen molar-refractivity contribution in [1.82, 2.24) is 0 Å². The van der Waals surface area contributed by atoms with Crippen LogP contribution in [0.2, 0.25) is 0 Å². The standard InChI is InChI=1S/C19H25N3O/c1-15(20)12-13-19(23)21-17-10-6-7-11-18(17)22(2)14-16-8-4-3-5-9-16/h3-11,15H,12-14,20H2,1-2H3,(H,21,23). The van der Waals surface area contributed by atoms with E-state index in [0.29, 0.717) is 12.8 Å². The number of benzene rings is 2. The number of anilines is 2. The fourth-order valence-corrected chi connectivity index (χ4v) is 2.43. The van der Waals surface area contributed by atoms with Gasteiger partial charge in [0.1, 0.15) is 0 Å². The van der Waals surface area contributed by atoms with E-state index >= 15 is 0 Å². The highest BCUT2D eigenvalue weighted by molar-refractivity contribution is 5.94. The van der Waals surface area contributed by atoms with Crippen molar-refractivity contribution in [2.75, 3.05) is 17.3 Å². The van der Waals surface area contributed by atoms with Crippen molar-refractivity contribution < 1.29 is 4.79 Å². The fourth-order valence-electron chi connectivity index (χ4n) is 2.43. The van der Waals surface area contributed by atoms with Crippen LogP contribution in [0.1, 0.15) is 25.3 Å². The number of nitrogens with two attached hydrogens (primary N) is 1. The molecule has 0 saturated heterocycles. The number of rotatable bonds is 7. The predicted octanol–water partition coefficient (Wildman–Crippen LogP) is 3.39. The van der Waals surface area contributed by atoms with Gasteiger partial charge in [-0.05, 0) is 31.0 Å². The Balaban J connectivity index is 2.06. The van der Waals surface area contributed by atoms with Gasteiger partial charge in [0.15, 0.2) is 0 Å². The van der Waals surface area contributed by atoms with Gasteiger partial charge in [-0.25, -0.2) is 0 Å². The van der Waals surface area contributed by atoms with E-state index in [1.54, 1.807) is 0 Å². The largest absolute Gasteiger partial charge is 0.369 e. The van der Waals surface area contributed by atoms with E-state index in [0.717, 1.165) is 17.9 Å². The summed E-state index contributed by atoms with van der Waals surface area (Å²) in [6, 6.07) is 18.2. The lowest BCUT2D eigenvalue weighted by Crippen LogP contribution is -2.22. The van der Waals surface area contributed by atoms with Crippen LogP contribution in [-0.4, -0.2) is 19.0 Å². The average Bonchev–Trinajstić information content (AvgIpc) is 2.54. The Bertz CT molecular complexity index is 626. The minimum atomic E-state index is 0.00265. The number of carbonyl (C=O) groups excluding carboxylic acids is 1. The van der Waals surface area contributed by atoms with Crippen molar-refractivity contribution >= 4 is 17.3 Å². The first kappa shape index (κ1) is 17.0. The topological polar surface area (TPSA) is 58.4 Å². The van der Waals surface area contributed by atoms with Crippen molar-refractivity contribution in [3.05, 3.63) is 60.2 Å². The second kappa shape index (κ2) is 8.34. The number of nitrogens with one attached hydrogen (secondary N) is 1. The molecule has 0 fully saturated rings. The van der Waals surface area contributed by atoms with Crippen LogP contribution in [-0.2, 0) is 11.3 Å². The lowest BCUT2D eigenvalue weighted by atomic mass is 10.1. The van der Waals surface area contributed by atoms with E-state index in [4.69, 9.17) is 5.73 Å². The van der Waals surface area contributed by atoms with E-state index in [1.807, 2.05) is 56.4 Å². The second-order valence-electron chi connectivity index (χ2n) is 5.92. The van der Waals surface area contributed by atoms with Gasteiger partial charge in [-0.3, -0.25) is 4.79 Å². The van der Waals surface area contributed by atoms with Crippen molar-refractivity contribution in [3.8, 4) is 0 Å². The Morgan fingerprint density at radius 3 is 2.48 bits per heavy atom. The monoisotopic (exact) mass is 311 g/mol. The van der Waals surface area contributed by atoms with Gasteiger partial charge in [-0.2, -0.15) is 0 Å². The van der Waals surface area contributed by atoms with Crippen LogP contribution in [0.4, 0.5) is 11.4 Å². The first-order valence-electron chi connectivity index (χ1n) is 7.96. The summed E-state index contributed by atoms with van der Waals surface area (Å²) in [6.45, 7) is 2.70. The third-order valence-corrected chi connectivity index (χ3v) is 3.68. The molecule has 23 heavy (non-hydrogen) atoms. The number of nitrogens with zero attached hydrogens (tertiary/aromatic N) is 1. The molecule has 2 rings (SSSR count). The smallest absolute Gasteiger partial charge is 0.224 e. The highest BCUT2D eigenvalue weighted by Crippen LogP contribution is 2.26. The van der Waals surface area contributed by atoms with E-state index in [1.165, 1.54) is 5.56 Å². The van der Waals surface area contributed by atoms with Crippen molar-refractivity contribution in [2.24, 2.45) is 5.73 Å². The molecule has 0 aliphatic heterocycles. The molecule has 1 amide bonds. The van der Waals surface area contributed by atoms with Gasteiger partial charge >= 0.3 is 0 Å². The Morgan fingerprint density at radius 2 is 1.78 bits per heavy atom. The fraction of sp³-hybridized carbons (Fsp3) is 0.316. The van der Waals surface area contributed by atoms with E-state index in [2.05, 4.69) is 22.3 Å². The predicted molar refractivity (Wildman–Crippen MR) is 96.5 cm³/mol. The van der Waals surface area contributed by atoms with Gasteiger partial charge < -0.3 is 16.0 Å². The van der Waals surface area contributed by atoms with Crippen LogP contribution in [0, 0.1) is 0 Å². The van der Waals surface area contributed by atoms with Gasteiger partial charge in [0.25, 0.3) is 0 Å². The first-order chi connectivity index (χ1) is 11.1. The van der Waals surface area contributed by atoms with Crippen molar-refractivity contribution in [3.63, 3.8) is 0 Å². The average molecular weight is 311 g/mol. The maximum absolute atomic E-state index is 12.1. The molecule has 1 atom stereocenters. The third kappa shape index (κ3) is 5.42. The van der Waals surface area contributed by atoms with Crippen LogP contribution in [0.5, 0.6) is 0 Å². The summed E-state index contributed by atoms with van der Waals surface area (Å²) < 4.78 is 0. The molecule has 2 aromatic carbocycles. The van der Waals surface area contributed by atoms with Gasteiger partial charge in [0, 0.05) is 26.1 Å². The molecular weight excluding hydrogens is 286 g/mol. The normalized spacial score (nSPS) is 11.8. The molecule has 4 nitrogen and oxygen atoms in total. The van der Waals surface area contributed by atoms with Crippen molar-refractivity contribution in [2.45, 2.75) is 32.4 Å². The van der Waals surface area contributed by atoms with Gasteiger partial charge in [-0.1, -0.05) is 42.5 Å². The first-order valence-corrected chi connectivity index (χ1v) is 7.96. The zero-order valence-electron chi connectivity index (χ0n) is 13.8. The summed E-state index contributed by atoms with van der Waals surface area (Å²) in [4.78, 5) is 14.2. The van der Waals surface area contributed by atoms with Crippen LogP contribution in [0.15, 0.2) is 54.6 Å². The number of para-hydroxylation sites is 2. The minimum absolute atomic E-state index is 0.00265. The van der Waals surface area contributed by atoms with E-state index < -0.39 is 0 Å². The summed E-state index contributed by atoms with van der Waals surface area (Å²) in [5.41, 5.74) is 8.78. The lowest BCUT2D eigenvalue weighted by Gasteiger charge is -2.23. The summed E-state index contributed by atoms with van der Waals surface area (Å²) in [5.74, 6) is 0.00265. The van der Waals surface area contributed by atoms with Gasteiger partial charge in [-0.15, -0.1) is 0 Å². The molecule has 0 spiro atoms. The number of hydrogen-bond donors (Lipinski definition) is 2. The molecule has 0 aliphatic carbocycles.